The molecule has 0 heterocycles. The molecule has 2 atom stereocenters. The van der Waals surface area contributed by atoms with E-state index in [2.05, 4.69) is 26.0 Å². The van der Waals surface area contributed by atoms with Gasteiger partial charge in [-0.05, 0) is 38.5 Å². The fraction of sp³-hybridized carbons (Fsp3) is 0.896. The van der Waals surface area contributed by atoms with Gasteiger partial charge in [-0.3, -0.25) is 9.59 Å². The summed E-state index contributed by atoms with van der Waals surface area (Å²) in [5.41, 5.74) is 0. The van der Waals surface area contributed by atoms with Gasteiger partial charge in [0.15, 0.2) is 6.10 Å². The molecule has 0 N–H and O–H groups in total. The van der Waals surface area contributed by atoms with Crippen LogP contribution >= 0.6 is 0 Å². The van der Waals surface area contributed by atoms with Gasteiger partial charge >= 0.3 is 11.9 Å². The molecule has 0 rings (SSSR count). The van der Waals surface area contributed by atoms with Gasteiger partial charge in [0.1, 0.15) is 12.6 Å². The molecule has 56 heavy (non-hydrogen) atoms. The number of esters is 2. The summed E-state index contributed by atoms with van der Waals surface area (Å²) in [5.74, 6) is -1.74. The molecule has 0 aliphatic rings. The van der Waals surface area contributed by atoms with Crippen molar-refractivity contribution in [3.05, 3.63) is 12.2 Å². The number of ether oxygens (including phenoxy) is 3. The summed E-state index contributed by atoms with van der Waals surface area (Å²) < 4.78 is 17.2. The zero-order valence-corrected chi connectivity index (χ0v) is 37.6. The van der Waals surface area contributed by atoms with Crippen molar-refractivity contribution in [3.63, 3.8) is 0 Å². The first kappa shape index (κ1) is 54.1. The van der Waals surface area contributed by atoms with Gasteiger partial charge in [-0.15, -0.1) is 0 Å². The van der Waals surface area contributed by atoms with E-state index in [-0.39, 0.29) is 42.7 Å². The Morgan fingerprint density at radius 1 is 0.518 bits per heavy atom. The third-order valence-electron chi connectivity index (χ3n) is 10.9. The molecule has 0 aromatic carbocycles. The van der Waals surface area contributed by atoms with Crippen LogP contribution in [0, 0.1) is 0 Å². The van der Waals surface area contributed by atoms with E-state index in [1.807, 2.05) is 0 Å². The summed E-state index contributed by atoms with van der Waals surface area (Å²) in [4.78, 5) is 36.9. The molecule has 0 spiro atoms. The van der Waals surface area contributed by atoms with Crippen LogP contribution in [0.25, 0.3) is 0 Å². The number of carboxylic acids is 1. The predicted molar refractivity (Wildman–Crippen MR) is 231 cm³/mol. The number of likely N-dealkylation sites (N-methyl/N-ethyl adjacent to an activating group) is 1. The van der Waals surface area contributed by atoms with E-state index >= 15 is 0 Å². The van der Waals surface area contributed by atoms with E-state index in [4.69, 9.17) is 14.2 Å². The van der Waals surface area contributed by atoms with Crippen LogP contribution < -0.4 is 5.11 Å². The minimum Gasteiger partial charge on any atom is -0.544 e. The van der Waals surface area contributed by atoms with Crippen molar-refractivity contribution in [2.45, 2.75) is 238 Å². The lowest BCUT2D eigenvalue weighted by molar-refractivity contribution is -0.889. The Labute approximate surface area is 346 Å². The molecular formula is C48H91NO7. The Morgan fingerprint density at radius 2 is 0.893 bits per heavy atom. The van der Waals surface area contributed by atoms with E-state index in [9.17, 15) is 19.5 Å². The summed E-state index contributed by atoms with van der Waals surface area (Å²) in [6, 6.07) is -0.724. The second kappa shape index (κ2) is 39.9. The van der Waals surface area contributed by atoms with Gasteiger partial charge in [0.25, 0.3) is 0 Å². The van der Waals surface area contributed by atoms with Crippen molar-refractivity contribution in [2.24, 2.45) is 0 Å². The highest BCUT2D eigenvalue weighted by Crippen LogP contribution is 2.16. The number of carboxylic acid groups (broad SMARTS) is 1. The number of carbonyl (C=O) groups is 3. The van der Waals surface area contributed by atoms with Crippen LogP contribution in [0.2, 0.25) is 0 Å². The van der Waals surface area contributed by atoms with Crippen molar-refractivity contribution in [3.8, 4) is 0 Å². The minimum absolute atomic E-state index is 0.0403. The third kappa shape index (κ3) is 37.6. The average Bonchev–Trinajstić information content (AvgIpc) is 3.15. The zero-order chi connectivity index (χ0) is 41.4. The first-order valence-electron chi connectivity index (χ1n) is 23.7. The van der Waals surface area contributed by atoms with Crippen LogP contribution in [0.1, 0.15) is 226 Å². The molecule has 8 nitrogen and oxygen atoms in total. The van der Waals surface area contributed by atoms with Crippen LogP contribution in [-0.2, 0) is 28.6 Å². The van der Waals surface area contributed by atoms with Crippen molar-refractivity contribution in [1.82, 2.24) is 0 Å². The summed E-state index contributed by atoms with van der Waals surface area (Å²) in [7, 11) is 5.41. The Morgan fingerprint density at radius 3 is 1.30 bits per heavy atom. The first-order chi connectivity index (χ1) is 27.1. The van der Waals surface area contributed by atoms with Gasteiger partial charge in [0.2, 0.25) is 0 Å². The van der Waals surface area contributed by atoms with Crippen molar-refractivity contribution in [2.75, 3.05) is 41.0 Å². The van der Waals surface area contributed by atoms with Crippen LogP contribution in [0.15, 0.2) is 12.2 Å². The standard InChI is InChI=1S/C48H91NO7/c1-6-8-10-12-14-16-18-20-21-22-23-24-25-27-28-30-32-34-36-38-46(50)55-43-44(42-54-41-40-45(48(52)53)49(3,4)5)56-47(51)39-37-35-33-31-29-26-19-17-15-13-11-9-7-2/h26,29,44-45H,6-25,27-28,30-43H2,1-5H3/b29-26+. The number of rotatable bonds is 43. The fourth-order valence-electron chi connectivity index (χ4n) is 7.18. The van der Waals surface area contributed by atoms with E-state index in [0.717, 1.165) is 51.4 Å². The van der Waals surface area contributed by atoms with Crippen LogP contribution in [0.5, 0.6) is 0 Å². The molecule has 0 fully saturated rings. The average molecular weight is 794 g/mol. The zero-order valence-electron chi connectivity index (χ0n) is 37.6. The second-order valence-electron chi connectivity index (χ2n) is 17.4. The van der Waals surface area contributed by atoms with Gasteiger partial charge in [0.05, 0.1) is 40.3 Å². The molecule has 0 aliphatic carbocycles. The van der Waals surface area contributed by atoms with Gasteiger partial charge in [-0.1, -0.05) is 180 Å². The van der Waals surface area contributed by atoms with E-state index < -0.39 is 18.1 Å². The van der Waals surface area contributed by atoms with Crippen LogP contribution in [0.3, 0.4) is 0 Å². The SMILES string of the molecule is CCCCCCCC/C=C/CCCCCC(=O)OC(COCCC(C(=O)[O-])[N+](C)(C)C)COC(=O)CCCCCCCCCCCCCCCCCCCCC. The van der Waals surface area contributed by atoms with Crippen molar-refractivity contribution in [1.29, 1.82) is 0 Å². The summed E-state index contributed by atoms with van der Waals surface area (Å²) in [5, 5.41) is 11.6. The normalized spacial score (nSPS) is 12.9. The molecule has 0 saturated carbocycles. The van der Waals surface area contributed by atoms with Crippen molar-refractivity contribution < 1.29 is 38.2 Å². The molecule has 330 valence electrons. The highest BCUT2D eigenvalue weighted by atomic mass is 16.6. The number of unbranched alkanes of at least 4 members (excludes halogenated alkanes) is 27. The molecule has 0 aromatic rings. The first-order valence-corrected chi connectivity index (χ1v) is 23.7. The van der Waals surface area contributed by atoms with Crippen LogP contribution in [-0.4, -0.2) is 75.5 Å². The number of hydrogen-bond acceptors (Lipinski definition) is 7. The maximum Gasteiger partial charge on any atom is 0.306 e. The fourth-order valence-corrected chi connectivity index (χ4v) is 7.18. The number of aliphatic carboxylic acids is 1. The van der Waals surface area contributed by atoms with Crippen LogP contribution in [0.4, 0.5) is 0 Å². The maximum atomic E-state index is 12.7. The van der Waals surface area contributed by atoms with E-state index in [1.165, 1.54) is 141 Å². The molecular weight excluding hydrogens is 703 g/mol. The topological polar surface area (TPSA) is 102 Å². The lowest BCUT2D eigenvalue weighted by Gasteiger charge is -2.34. The molecule has 0 bridgehead atoms. The smallest absolute Gasteiger partial charge is 0.306 e. The molecule has 0 saturated heterocycles. The largest absolute Gasteiger partial charge is 0.544 e. The minimum atomic E-state index is -1.12. The predicted octanol–water partition coefficient (Wildman–Crippen LogP) is 11.8. The molecule has 0 amide bonds. The highest BCUT2D eigenvalue weighted by molar-refractivity contribution is 5.70. The number of carbonyl (C=O) groups excluding carboxylic acids is 3. The second-order valence-corrected chi connectivity index (χ2v) is 17.4. The molecule has 0 radical (unpaired) electrons. The lowest BCUT2D eigenvalue weighted by Crippen LogP contribution is -2.55. The molecule has 0 aliphatic heterocycles. The Balaban J connectivity index is 4.24. The Hall–Kier alpha value is -1.93. The maximum absolute atomic E-state index is 12.7. The summed E-state index contributed by atoms with van der Waals surface area (Å²) in [6.07, 6.45) is 42.4. The summed E-state index contributed by atoms with van der Waals surface area (Å²) >= 11 is 0. The monoisotopic (exact) mass is 794 g/mol. The number of nitrogens with zero attached hydrogens (tertiary/aromatic N) is 1. The van der Waals surface area contributed by atoms with E-state index in [1.54, 1.807) is 21.1 Å². The lowest BCUT2D eigenvalue weighted by atomic mass is 10.0. The number of quaternary nitrogens is 1. The Kier molecular flexibility index (Phi) is 38.5. The quantitative estimate of drug-likeness (QED) is 0.0262. The van der Waals surface area contributed by atoms with E-state index in [0.29, 0.717) is 12.8 Å². The number of hydrogen-bond donors (Lipinski definition) is 0. The summed E-state index contributed by atoms with van der Waals surface area (Å²) in [6.45, 7) is 4.67. The van der Waals surface area contributed by atoms with Gasteiger partial charge in [-0.25, -0.2) is 0 Å². The third-order valence-corrected chi connectivity index (χ3v) is 10.9. The van der Waals surface area contributed by atoms with Gasteiger partial charge in [-0.2, -0.15) is 0 Å². The highest BCUT2D eigenvalue weighted by Gasteiger charge is 2.25. The van der Waals surface area contributed by atoms with Crippen molar-refractivity contribution >= 4 is 17.9 Å². The Bertz CT molecular complexity index is 931. The molecule has 2 unspecified atom stereocenters. The van der Waals surface area contributed by atoms with Gasteiger partial charge in [0, 0.05) is 19.3 Å². The van der Waals surface area contributed by atoms with Gasteiger partial charge < -0.3 is 28.6 Å². The molecule has 0 aromatic heterocycles. The molecule has 8 heteroatoms. The number of allylic oxidation sites excluding steroid dienone is 2.